The van der Waals surface area contributed by atoms with E-state index in [1.54, 1.807) is 18.2 Å². The molecular weight excluding hydrogens is 244 g/mol. The van der Waals surface area contributed by atoms with E-state index in [0.29, 0.717) is 12.0 Å². The first-order valence-corrected chi connectivity index (χ1v) is 5.69. The number of nitrogens with zero attached hydrogens (tertiary/aromatic N) is 1. The van der Waals surface area contributed by atoms with Gasteiger partial charge in [0, 0.05) is 30.7 Å². The number of hydrogen-bond donors (Lipinski definition) is 1. The molecule has 5 nitrogen and oxygen atoms in total. The second-order valence-corrected chi connectivity index (χ2v) is 4.00. The lowest BCUT2D eigenvalue weighted by Crippen LogP contribution is -2.30. The average molecular weight is 258 g/mol. The van der Waals surface area contributed by atoms with Gasteiger partial charge in [-0.3, -0.25) is 14.9 Å². The minimum atomic E-state index is -0.471. The van der Waals surface area contributed by atoms with Crippen molar-refractivity contribution < 1.29 is 9.72 Å². The van der Waals surface area contributed by atoms with Crippen LogP contribution in [0, 0.1) is 22.5 Å². The summed E-state index contributed by atoms with van der Waals surface area (Å²) in [6, 6.07) is 5.84. The van der Waals surface area contributed by atoms with Gasteiger partial charge in [0.2, 0.25) is 5.91 Å². The Kier molecular flexibility index (Phi) is 5.30. The Morgan fingerprint density at radius 2 is 2.16 bits per heavy atom. The maximum atomic E-state index is 11.5. The van der Waals surface area contributed by atoms with Gasteiger partial charge >= 0.3 is 0 Å². The van der Waals surface area contributed by atoms with Crippen molar-refractivity contribution in [3.8, 4) is 12.3 Å². The Bertz CT molecular complexity index is 527. The molecule has 0 aromatic heterocycles. The lowest BCUT2D eigenvalue weighted by Gasteiger charge is -2.07. The zero-order chi connectivity index (χ0) is 14.3. The Morgan fingerprint density at radius 3 is 2.68 bits per heavy atom. The molecule has 5 heteroatoms. The summed E-state index contributed by atoms with van der Waals surface area (Å²) in [7, 11) is 0. The van der Waals surface area contributed by atoms with Crippen molar-refractivity contribution in [3.63, 3.8) is 0 Å². The molecule has 1 aromatic rings. The third kappa shape index (κ3) is 5.04. The number of benzene rings is 1. The summed E-state index contributed by atoms with van der Waals surface area (Å²) in [4.78, 5) is 21.5. The third-order valence-corrected chi connectivity index (χ3v) is 2.34. The number of carbonyl (C=O) groups is 1. The Labute approximate surface area is 111 Å². The molecule has 0 spiro atoms. The maximum Gasteiger partial charge on any atom is 0.269 e. The monoisotopic (exact) mass is 258 g/mol. The number of hydrogen-bond acceptors (Lipinski definition) is 3. The van der Waals surface area contributed by atoms with Crippen molar-refractivity contribution in [2.45, 2.75) is 19.4 Å². The molecule has 1 N–H and O–H groups in total. The van der Waals surface area contributed by atoms with Crippen LogP contribution in [0.3, 0.4) is 0 Å². The number of nitro benzene ring substituents is 1. The van der Waals surface area contributed by atoms with E-state index in [9.17, 15) is 14.9 Å². The van der Waals surface area contributed by atoms with Crippen molar-refractivity contribution in [2.24, 2.45) is 0 Å². The van der Waals surface area contributed by atoms with Gasteiger partial charge in [-0.15, -0.1) is 12.3 Å². The number of amides is 1. The number of rotatable bonds is 5. The van der Waals surface area contributed by atoms with Gasteiger partial charge in [-0.2, -0.15) is 0 Å². The van der Waals surface area contributed by atoms with Crippen molar-refractivity contribution >= 4 is 17.7 Å². The molecule has 0 saturated carbocycles. The quantitative estimate of drug-likeness (QED) is 0.380. The van der Waals surface area contributed by atoms with Crippen LogP contribution in [-0.2, 0) is 4.79 Å². The fourth-order valence-electron chi connectivity index (χ4n) is 1.40. The van der Waals surface area contributed by atoms with Gasteiger partial charge in [-0.1, -0.05) is 0 Å². The highest BCUT2D eigenvalue weighted by atomic mass is 16.6. The highest BCUT2D eigenvalue weighted by molar-refractivity contribution is 5.91. The summed E-state index contributed by atoms with van der Waals surface area (Å²) >= 11 is 0. The molecule has 0 radical (unpaired) electrons. The van der Waals surface area contributed by atoms with Crippen LogP contribution in [0.25, 0.3) is 6.08 Å². The Hall–Kier alpha value is -2.61. The van der Waals surface area contributed by atoms with Crippen molar-refractivity contribution in [3.05, 3.63) is 46.0 Å². The topological polar surface area (TPSA) is 72.2 Å². The molecule has 19 heavy (non-hydrogen) atoms. The number of nitrogens with one attached hydrogen (secondary N) is 1. The van der Waals surface area contributed by atoms with E-state index >= 15 is 0 Å². The first-order valence-electron chi connectivity index (χ1n) is 5.69. The fraction of sp³-hybridized carbons (Fsp3) is 0.214. The fourth-order valence-corrected chi connectivity index (χ4v) is 1.40. The molecule has 1 aromatic carbocycles. The van der Waals surface area contributed by atoms with Gasteiger partial charge in [0.1, 0.15) is 0 Å². The number of nitro groups is 1. The van der Waals surface area contributed by atoms with Crippen LogP contribution < -0.4 is 5.32 Å². The van der Waals surface area contributed by atoms with E-state index in [4.69, 9.17) is 6.42 Å². The summed E-state index contributed by atoms with van der Waals surface area (Å²) in [5, 5.41) is 13.2. The molecule has 0 aliphatic carbocycles. The molecule has 0 saturated heterocycles. The van der Waals surface area contributed by atoms with Gasteiger partial charge in [0.05, 0.1) is 4.92 Å². The Morgan fingerprint density at radius 1 is 1.53 bits per heavy atom. The van der Waals surface area contributed by atoms with Gasteiger partial charge in [-0.25, -0.2) is 0 Å². The summed E-state index contributed by atoms with van der Waals surface area (Å²) in [6.07, 6.45) is 8.56. The summed E-state index contributed by atoms with van der Waals surface area (Å²) in [6.45, 7) is 1.82. The first kappa shape index (κ1) is 14.5. The molecule has 0 fully saturated rings. The van der Waals surface area contributed by atoms with E-state index in [-0.39, 0.29) is 17.6 Å². The molecule has 0 bridgehead atoms. The van der Waals surface area contributed by atoms with Crippen LogP contribution in [0.5, 0.6) is 0 Å². The number of carbonyl (C=O) groups excluding carboxylic acids is 1. The predicted molar refractivity (Wildman–Crippen MR) is 73.2 cm³/mol. The van der Waals surface area contributed by atoms with Crippen LogP contribution in [-0.4, -0.2) is 16.9 Å². The number of non-ortho nitro benzene ring substituents is 1. The van der Waals surface area contributed by atoms with E-state index < -0.39 is 4.92 Å². The second-order valence-electron chi connectivity index (χ2n) is 4.00. The Balaban J connectivity index is 2.59. The molecule has 1 rings (SSSR count). The molecule has 0 aliphatic rings. The van der Waals surface area contributed by atoms with E-state index in [1.165, 1.54) is 18.2 Å². The standard InChI is InChI=1S/C14H14N2O3/c1-3-4-11(2)15-14(17)10-7-12-5-8-13(9-6-12)16(18)19/h1,5-11H,4H2,2H3,(H,15,17)/b10-7+. The van der Waals surface area contributed by atoms with Crippen molar-refractivity contribution in [1.82, 2.24) is 5.32 Å². The van der Waals surface area contributed by atoms with Gasteiger partial charge < -0.3 is 5.32 Å². The zero-order valence-electron chi connectivity index (χ0n) is 10.5. The average Bonchev–Trinajstić information content (AvgIpc) is 2.37. The predicted octanol–water partition coefficient (Wildman–Crippen LogP) is 2.14. The molecule has 98 valence electrons. The van der Waals surface area contributed by atoms with E-state index in [2.05, 4.69) is 11.2 Å². The molecule has 1 amide bonds. The van der Waals surface area contributed by atoms with Crippen LogP contribution in [0.4, 0.5) is 5.69 Å². The molecule has 1 atom stereocenters. The van der Waals surface area contributed by atoms with Crippen molar-refractivity contribution in [2.75, 3.05) is 0 Å². The van der Waals surface area contributed by atoms with Crippen LogP contribution in [0.2, 0.25) is 0 Å². The van der Waals surface area contributed by atoms with Gasteiger partial charge in [-0.05, 0) is 30.7 Å². The molecule has 0 heterocycles. The third-order valence-electron chi connectivity index (χ3n) is 2.34. The minimum absolute atomic E-state index is 0.0178. The highest BCUT2D eigenvalue weighted by Gasteiger charge is 2.04. The summed E-state index contributed by atoms with van der Waals surface area (Å²) in [5.41, 5.74) is 0.731. The molecule has 0 aliphatic heterocycles. The number of terminal acetylenes is 1. The second kappa shape index (κ2) is 6.97. The summed E-state index contributed by atoms with van der Waals surface area (Å²) < 4.78 is 0. The molecule has 1 unspecified atom stereocenters. The molecular formula is C14H14N2O3. The maximum absolute atomic E-state index is 11.5. The normalized spacial score (nSPS) is 11.8. The van der Waals surface area contributed by atoms with Gasteiger partial charge in [0.15, 0.2) is 0 Å². The lowest BCUT2D eigenvalue weighted by atomic mass is 10.2. The highest BCUT2D eigenvalue weighted by Crippen LogP contribution is 2.12. The van der Waals surface area contributed by atoms with E-state index in [1.807, 2.05) is 6.92 Å². The zero-order valence-corrected chi connectivity index (χ0v) is 10.5. The van der Waals surface area contributed by atoms with E-state index in [0.717, 1.165) is 0 Å². The van der Waals surface area contributed by atoms with Crippen molar-refractivity contribution in [1.29, 1.82) is 0 Å². The smallest absolute Gasteiger partial charge is 0.269 e. The van der Waals surface area contributed by atoms with Crippen LogP contribution in [0.1, 0.15) is 18.9 Å². The SMILES string of the molecule is C#CCC(C)NC(=O)/C=C/c1ccc([N+](=O)[O-])cc1. The first-order chi connectivity index (χ1) is 9.02. The summed E-state index contributed by atoms with van der Waals surface area (Å²) in [5.74, 6) is 2.21. The largest absolute Gasteiger partial charge is 0.349 e. The van der Waals surface area contributed by atoms with Crippen LogP contribution in [0.15, 0.2) is 30.3 Å². The van der Waals surface area contributed by atoms with Gasteiger partial charge in [0.25, 0.3) is 5.69 Å². The van der Waals surface area contributed by atoms with Crippen LogP contribution >= 0.6 is 0 Å². The lowest BCUT2D eigenvalue weighted by molar-refractivity contribution is -0.384. The minimum Gasteiger partial charge on any atom is -0.349 e.